The molecule has 4 N–H and O–H groups in total. The van der Waals surface area contributed by atoms with Crippen molar-refractivity contribution in [1.82, 2.24) is 25.7 Å². The third-order valence-electron chi connectivity index (χ3n) is 4.25. The second kappa shape index (κ2) is 12.1. The van der Waals surface area contributed by atoms with E-state index in [1.807, 2.05) is 20.8 Å². The highest BCUT2D eigenvalue weighted by Crippen LogP contribution is 2.11. The summed E-state index contributed by atoms with van der Waals surface area (Å²) in [6, 6.07) is 0.341. The number of guanidine groups is 1. The Labute approximate surface area is 177 Å². The van der Waals surface area contributed by atoms with Crippen LogP contribution in [0.3, 0.4) is 0 Å². The fraction of sp³-hybridized carbons (Fsp3) is 0.765. The zero-order valence-corrected chi connectivity index (χ0v) is 18.7. The maximum Gasteiger partial charge on any atom is 0.231 e. The Kier molecular flexibility index (Phi) is 10.6. The van der Waals surface area contributed by atoms with Crippen molar-refractivity contribution in [2.75, 3.05) is 32.7 Å². The fourth-order valence-corrected chi connectivity index (χ4v) is 2.84. The van der Waals surface area contributed by atoms with Crippen LogP contribution in [-0.4, -0.2) is 65.7 Å². The average Bonchev–Trinajstić information content (AvgIpc) is 3.05. The Balaban J connectivity index is 0.00000364. The van der Waals surface area contributed by atoms with Gasteiger partial charge in [0.25, 0.3) is 0 Å². The van der Waals surface area contributed by atoms with Gasteiger partial charge in [-0.05, 0) is 19.8 Å². The van der Waals surface area contributed by atoms with Crippen LogP contribution in [0.5, 0.6) is 0 Å². The third kappa shape index (κ3) is 8.41. The Hall–Kier alpha value is -1.43. The first kappa shape index (κ1) is 23.6. The lowest BCUT2D eigenvalue weighted by molar-refractivity contribution is -0.119. The van der Waals surface area contributed by atoms with Gasteiger partial charge in [0, 0.05) is 38.0 Å². The predicted molar refractivity (Wildman–Crippen MR) is 115 cm³/mol. The van der Waals surface area contributed by atoms with Crippen molar-refractivity contribution in [1.29, 1.82) is 0 Å². The van der Waals surface area contributed by atoms with E-state index in [9.17, 15) is 4.79 Å². The number of halogens is 1. The molecule has 154 valence electrons. The number of likely N-dealkylation sites (tertiary alicyclic amines) is 1. The van der Waals surface area contributed by atoms with Crippen molar-refractivity contribution in [3.63, 3.8) is 0 Å². The second-order valence-corrected chi connectivity index (χ2v) is 6.87. The zero-order chi connectivity index (χ0) is 18.9. The molecule has 2 heterocycles. The molecule has 10 heteroatoms. The Morgan fingerprint density at radius 2 is 2.11 bits per heavy atom. The highest BCUT2D eigenvalue weighted by molar-refractivity contribution is 14.0. The van der Waals surface area contributed by atoms with Crippen molar-refractivity contribution in [2.45, 2.75) is 52.0 Å². The molecule has 0 saturated carbocycles. The van der Waals surface area contributed by atoms with Gasteiger partial charge >= 0.3 is 0 Å². The number of nitrogens with one attached hydrogen (secondary N) is 2. The molecular weight excluding hydrogens is 461 g/mol. The molecule has 1 aliphatic rings. The smallest absolute Gasteiger partial charge is 0.231 e. The lowest BCUT2D eigenvalue weighted by Gasteiger charge is -2.32. The van der Waals surface area contributed by atoms with Gasteiger partial charge in [-0.15, -0.1) is 24.0 Å². The minimum absolute atomic E-state index is 0. The number of rotatable bonds is 8. The number of aromatic nitrogens is 2. The van der Waals surface area contributed by atoms with Crippen molar-refractivity contribution in [3.05, 3.63) is 11.7 Å². The summed E-state index contributed by atoms with van der Waals surface area (Å²) >= 11 is 0. The summed E-state index contributed by atoms with van der Waals surface area (Å²) in [4.78, 5) is 22.1. The maximum absolute atomic E-state index is 11.0. The summed E-state index contributed by atoms with van der Waals surface area (Å²) in [5, 5.41) is 10.7. The van der Waals surface area contributed by atoms with Crippen LogP contribution < -0.4 is 16.4 Å². The van der Waals surface area contributed by atoms with Gasteiger partial charge in [0.2, 0.25) is 11.8 Å². The molecule has 0 aromatic carbocycles. The Bertz CT molecular complexity index is 598. The highest BCUT2D eigenvalue weighted by atomic mass is 127. The molecule has 0 aliphatic carbocycles. The number of carbonyl (C=O) groups excluding carboxylic acids is 1. The van der Waals surface area contributed by atoms with Gasteiger partial charge in [-0.1, -0.05) is 19.0 Å². The summed E-state index contributed by atoms with van der Waals surface area (Å²) < 4.78 is 5.25. The standard InChI is InChI=1S/C17H31N7O2.HI/c1-4-19-17(20-8-5-15-22-16(12(2)3)23-26-15)21-13-6-9-24(10-7-13)11-14(18)25;/h12-13H,4-11H2,1-3H3,(H2,18,25)(H2,19,20,21);1H. The Morgan fingerprint density at radius 1 is 1.41 bits per heavy atom. The number of hydrogen-bond acceptors (Lipinski definition) is 6. The van der Waals surface area contributed by atoms with Gasteiger partial charge in [0.1, 0.15) is 0 Å². The predicted octanol–water partition coefficient (Wildman–Crippen LogP) is 0.858. The molecule has 0 bridgehead atoms. The van der Waals surface area contributed by atoms with E-state index in [-0.39, 0.29) is 35.8 Å². The third-order valence-corrected chi connectivity index (χ3v) is 4.25. The van der Waals surface area contributed by atoms with Crippen LogP contribution in [-0.2, 0) is 11.2 Å². The molecule has 1 aromatic rings. The molecule has 2 rings (SSSR count). The summed E-state index contributed by atoms with van der Waals surface area (Å²) in [7, 11) is 0. The molecule has 1 aromatic heterocycles. The Morgan fingerprint density at radius 3 is 2.67 bits per heavy atom. The van der Waals surface area contributed by atoms with E-state index < -0.39 is 0 Å². The van der Waals surface area contributed by atoms with E-state index >= 15 is 0 Å². The molecular formula is C17H32IN7O2. The zero-order valence-electron chi connectivity index (χ0n) is 16.4. The van der Waals surface area contributed by atoms with Gasteiger partial charge in [0.05, 0.1) is 13.1 Å². The van der Waals surface area contributed by atoms with Gasteiger partial charge in [-0.25, -0.2) is 0 Å². The van der Waals surface area contributed by atoms with E-state index in [1.54, 1.807) is 0 Å². The van der Waals surface area contributed by atoms with Gasteiger partial charge in [0.15, 0.2) is 11.8 Å². The maximum atomic E-state index is 11.0. The van der Waals surface area contributed by atoms with Gasteiger partial charge < -0.3 is 20.9 Å². The lowest BCUT2D eigenvalue weighted by Crippen LogP contribution is -2.49. The van der Waals surface area contributed by atoms with E-state index in [2.05, 4.69) is 30.7 Å². The van der Waals surface area contributed by atoms with Gasteiger partial charge in [-0.3, -0.25) is 14.7 Å². The fourth-order valence-electron chi connectivity index (χ4n) is 2.84. The SMILES string of the molecule is CCNC(=NCCc1nc(C(C)C)no1)NC1CCN(CC(N)=O)CC1.I. The minimum Gasteiger partial charge on any atom is -0.369 e. The molecule has 1 amide bonds. The molecule has 1 aliphatic heterocycles. The molecule has 0 spiro atoms. The number of aliphatic imine (C=N–C) groups is 1. The molecule has 1 saturated heterocycles. The second-order valence-electron chi connectivity index (χ2n) is 6.87. The van der Waals surface area contributed by atoms with Crippen LogP contribution in [0.25, 0.3) is 0 Å². The van der Waals surface area contributed by atoms with Crippen LogP contribution >= 0.6 is 24.0 Å². The highest BCUT2D eigenvalue weighted by Gasteiger charge is 2.20. The summed E-state index contributed by atoms with van der Waals surface area (Å²) in [5.41, 5.74) is 5.26. The van der Waals surface area contributed by atoms with Crippen LogP contribution in [0, 0.1) is 0 Å². The number of hydrogen-bond donors (Lipinski definition) is 3. The number of nitrogens with zero attached hydrogens (tertiary/aromatic N) is 4. The number of piperidine rings is 1. The van der Waals surface area contributed by atoms with Gasteiger partial charge in [-0.2, -0.15) is 4.98 Å². The molecule has 1 fully saturated rings. The van der Waals surface area contributed by atoms with Crippen LogP contribution in [0.15, 0.2) is 9.52 Å². The lowest BCUT2D eigenvalue weighted by atomic mass is 10.1. The van der Waals surface area contributed by atoms with Crippen LogP contribution in [0.4, 0.5) is 0 Å². The molecule has 9 nitrogen and oxygen atoms in total. The van der Waals surface area contributed by atoms with Crippen molar-refractivity contribution in [2.24, 2.45) is 10.7 Å². The van der Waals surface area contributed by atoms with Crippen LogP contribution in [0.2, 0.25) is 0 Å². The average molecular weight is 493 g/mol. The van der Waals surface area contributed by atoms with E-state index in [0.29, 0.717) is 31.4 Å². The first-order chi connectivity index (χ1) is 12.5. The summed E-state index contributed by atoms with van der Waals surface area (Å²) in [6.07, 6.45) is 2.53. The summed E-state index contributed by atoms with van der Waals surface area (Å²) in [5.74, 6) is 2.14. The quantitative estimate of drug-likeness (QED) is 0.279. The van der Waals surface area contributed by atoms with Crippen molar-refractivity contribution >= 4 is 35.8 Å². The first-order valence-electron chi connectivity index (χ1n) is 9.36. The topological polar surface area (TPSA) is 122 Å². The van der Waals surface area contributed by atoms with Crippen molar-refractivity contribution in [3.8, 4) is 0 Å². The van der Waals surface area contributed by atoms with E-state index in [4.69, 9.17) is 10.3 Å². The molecule has 0 atom stereocenters. The minimum atomic E-state index is -0.270. The van der Waals surface area contributed by atoms with E-state index in [1.165, 1.54) is 0 Å². The molecule has 0 radical (unpaired) electrons. The monoisotopic (exact) mass is 493 g/mol. The molecule has 27 heavy (non-hydrogen) atoms. The first-order valence-corrected chi connectivity index (χ1v) is 9.36. The molecule has 0 unspecified atom stereocenters. The largest absolute Gasteiger partial charge is 0.369 e. The van der Waals surface area contributed by atoms with E-state index in [0.717, 1.165) is 44.3 Å². The number of primary amides is 1. The number of carbonyl (C=O) groups is 1. The van der Waals surface area contributed by atoms with Crippen molar-refractivity contribution < 1.29 is 9.32 Å². The van der Waals surface area contributed by atoms with Crippen LogP contribution in [0.1, 0.15) is 51.2 Å². The normalized spacial score (nSPS) is 16.2. The number of amides is 1. The number of nitrogens with two attached hydrogens (primary N) is 1. The summed E-state index contributed by atoms with van der Waals surface area (Å²) in [6.45, 7) is 9.55.